The number of carbonyl (C=O) groups is 4. The first-order valence-electron chi connectivity index (χ1n) is 18.2. The standard InChI is InChI=1S/C43H42N6O5S/c1-43(2,3)54-42(53)46-36-18-16-30(38-14-9-23-55-38)24-31(36)25-37(50)32-26-44-41(45-27-32)48-21-19-47(20-22-48)28-33(17-15-29-10-5-4-6-11-29)49-39(51)34-12-7-8-13-35(34)40(49)52/h4-18,23-24,26-27,33H,19-22,25,28H2,1-3H3,(H,46,53)/b17-15+. The maximum Gasteiger partial charge on any atom is 0.412 e. The maximum atomic E-state index is 13.6. The molecule has 5 aromatic rings. The molecular weight excluding hydrogens is 713 g/mol. The van der Waals surface area contributed by atoms with Crippen LogP contribution in [0.25, 0.3) is 16.5 Å². The fraction of sp³-hybridized carbons (Fsp3) is 0.256. The number of nitrogens with one attached hydrogen (secondary N) is 1. The van der Waals surface area contributed by atoms with Crippen LogP contribution in [0.15, 0.2) is 109 Å². The number of hydrogen-bond acceptors (Lipinski definition) is 10. The van der Waals surface area contributed by atoms with Crippen molar-refractivity contribution in [3.63, 3.8) is 0 Å². The Labute approximate surface area is 324 Å². The normalized spacial score (nSPS) is 15.3. The number of imide groups is 1. The van der Waals surface area contributed by atoms with E-state index in [1.165, 1.54) is 4.90 Å². The third-order valence-corrected chi connectivity index (χ3v) is 10.3. The van der Waals surface area contributed by atoms with Crippen molar-refractivity contribution >= 4 is 52.7 Å². The number of ketones is 1. The molecule has 4 heterocycles. The molecule has 3 aromatic carbocycles. The third-order valence-electron chi connectivity index (χ3n) is 9.43. The molecule has 0 radical (unpaired) electrons. The summed E-state index contributed by atoms with van der Waals surface area (Å²) in [7, 11) is 0. The zero-order valence-electron chi connectivity index (χ0n) is 31.0. The van der Waals surface area contributed by atoms with Gasteiger partial charge < -0.3 is 9.64 Å². The van der Waals surface area contributed by atoms with Gasteiger partial charge in [-0.2, -0.15) is 0 Å². The molecule has 12 heteroatoms. The summed E-state index contributed by atoms with van der Waals surface area (Å²) in [5.74, 6) is -0.231. The van der Waals surface area contributed by atoms with E-state index >= 15 is 0 Å². The van der Waals surface area contributed by atoms with Gasteiger partial charge in [0.1, 0.15) is 5.60 Å². The van der Waals surface area contributed by atoms with Crippen molar-refractivity contribution < 1.29 is 23.9 Å². The number of carbonyl (C=O) groups excluding carboxylic acids is 4. The second-order valence-electron chi connectivity index (χ2n) is 14.5. The highest BCUT2D eigenvalue weighted by molar-refractivity contribution is 7.13. The molecule has 0 saturated carbocycles. The van der Waals surface area contributed by atoms with Gasteiger partial charge in [-0.15, -0.1) is 11.3 Å². The molecule has 0 bridgehead atoms. The molecule has 1 saturated heterocycles. The Morgan fingerprint density at radius 1 is 0.873 bits per heavy atom. The highest BCUT2D eigenvalue weighted by atomic mass is 32.1. The predicted molar refractivity (Wildman–Crippen MR) is 215 cm³/mol. The first kappa shape index (κ1) is 37.3. The largest absolute Gasteiger partial charge is 0.444 e. The number of rotatable bonds is 11. The van der Waals surface area contributed by atoms with E-state index in [4.69, 9.17) is 4.74 Å². The predicted octanol–water partition coefficient (Wildman–Crippen LogP) is 7.48. The van der Waals surface area contributed by atoms with E-state index in [1.54, 1.807) is 74.8 Å². The fourth-order valence-corrected chi connectivity index (χ4v) is 7.42. The molecule has 11 nitrogen and oxygen atoms in total. The molecule has 55 heavy (non-hydrogen) atoms. The van der Waals surface area contributed by atoms with Gasteiger partial charge in [-0.1, -0.05) is 66.7 Å². The summed E-state index contributed by atoms with van der Waals surface area (Å²) >= 11 is 1.59. The van der Waals surface area contributed by atoms with Crippen LogP contribution in [0.3, 0.4) is 0 Å². The summed E-state index contributed by atoms with van der Waals surface area (Å²) in [5, 5.41) is 4.80. The lowest BCUT2D eigenvalue weighted by atomic mass is 10.0. The SMILES string of the molecule is CC(C)(C)OC(=O)Nc1ccc(-c2cccs2)cc1CC(=O)c1cnc(N2CCN(CC(/C=C/c3ccccc3)N3C(=O)c4ccccc4C3=O)CC2)nc1. The number of ether oxygens (including phenoxy) is 1. The third kappa shape index (κ3) is 8.88. The Morgan fingerprint density at radius 3 is 2.18 bits per heavy atom. The lowest BCUT2D eigenvalue weighted by molar-refractivity contribution is 0.0579. The number of piperazine rings is 1. The molecule has 0 aliphatic carbocycles. The Hall–Kier alpha value is -5.98. The summed E-state index contributed by atoms with van der Waals surface area (Å²) in [6.45, 7) is 8.44. The second-order valence-corrected chi connectivity index (χ2v) is 15.4. The van der Waals surface area contributed by atoms with Gasteiger partial charge in [0, 0.05) is 62.1 Å². The lowest BCUT2D eigenvalue weighted by Crippen LogP contribution is -2.52. The van der Waals surface area contributed by atoms with Crippen LogP contribution in [-0.2, 0) is 11.2 Å². The van der Waals surface area contributed by atoms with Gasteiger partial charge in [0.25, 0.3) is 11.8 Å². The molecule has 1 fully saturated rings. The number of amides is 3. The fourth-order valence-electron chi connectivity index (χ4n) is 6.69. The van der Waals surface area contributed by atoms with Crippen LogP contribution in [0, 0.1) is 0 Å². The molecule has 1 unspecified atom stereocenters. The number of Topliss-reactive ketones (excluding diaryl/α,β-unsaturated/α-hetero) is 1. The molecule has 2 aliphatic rings. The maximum absolute atomic E-state index is 13.6. The first-order valence-corrected chi connectivity index (χ1v) is 19.1. The summed E-state index contributed by atoms with van der Waals surface area (Å²) in [6.07, 6.45) is 6.43. The van der Waals surface area contributed by atoms with E-state index in [1.807, 2.05) is 72.1 Å². The Morgan fingerprint density at radius 2 is 1.55 bits per heavy atom. The van der Waals surface area contributed by atoms with Gasteiger partial charge in [0.2, 0.25) is 5.95 Å². The minimum Gasteiger partial charge on any atom is -0.444 e. The Kier molecular flexibility index (Phi) is 11.0. The van der Waals surface area contributed by atoms with E-state index in [0.29, 0.717) is 66.6 Å². The second kappa shape index (κ2) is 16.2. The van der Waals surface area contributed by atoms with Crippen molar-refractivity contribution in [1.29, 1.82) is 0 Å². The van der Waals surface area contributed by atoms with Gasteiger partial charge in [0.05, 0.1) is 22.7 Å². The van der Waals surface area contributed by atoms with E-state index in [-0.39, 0.29) is 24.0 Å². The number of anilines is 2. The van der Waals surface area contributed by atoms with Crippen molar-refractivity contribution in [2.24, 2.45) is 0 Å². The van der Waals surface area contributed by atoms with Crippen LogP contribution in [0.1, 0.15) is 63.0 Å². The van der Waals surface area contributed by atoms with Gasteiger partial charge in [-0.25, -0.2) is 14.8 Å². The van der Waals surface area contributed by atoms with Gasteiger partial charge in [-0.3, -0.25) is 29.5 Å². The lowest BCUT2D eigenvalue weighted by Gasteiger charge is -2.37. The summed E-state index contributed by atoms with van der Waals surface area (Å²) < 4.78 is 5.46. The van der Waals surface area contributed by atoms with Gasteiger partial charge >= 0.3 is 6.09 Å². The van der Waals surface area contributed by atoms with Crippen LogP contribution in [0.4, 0.5) is 16.4 Å². The highest BCUT2D eigenvalue weighted by Gasteiger charge is 2.39. The van der Waals surface area contributed by atoms with Crippen LogP contribution >= 0.6 is 11.3 Å². The minimum atomic E-state index is -0.674. The zero-order chi connectivity index (χ0) is 38.5. The number of hydrogen-bond donors (Lipinski definition) is 1. The molecule has 2 aromatic heterocycles. The van der Waals surface area contributed by atoms with Crippen molar-refractivity contribution in [2.75, 3.05) is 42.9 Å². The molecule has 3 amide bonds. The molecular formula is C43H42N6O5S. The topological polar surface area (TPSA) is 125 Å². The average molecular weight is 755 g/mol. The van der Waals surface area contributed by atoms with Crippen molar-refractivity contribution in [3.05, 3.63) is 137 Å². The van der Waals surface area contributed by atoms with Crippen LogP contribution in [-0.4, -0.2) is 87.8 Å². The number of fused-ring (bicyclic) bond motifs is 1. The number of benzene rings is 3. The average Bonchev–Trinajstić information content (AvgIpc) is 3.81. The summed E-state index contributed by atoms with van der Waals surface area (Å²) in [6, 6.07) is 25.9. The van der Waals surface area contributed by atoms with E-state index < -0.39 is 17.7 Å². The Bertz CT molecular complexity index is 2170. The van der Waals surface area contributed by atoms with Gasteiger partial charge in [-0.05, 0) is 73.2 Å². The van der Waals surface area contributed by atoms with E-state index in [2.05, 4.69) is 25.1 Å². The summed E-state index contributed by atoms with van der Waals surface area (Å²) in [4.78, 5) is 69.0. The van der Waals surface area contributed by atoms with E-state index in [9.17, 15) is 19.2 Å². The quantitative estimate of drug-likeness (QED) is 0.108. The summed E-state index contributed by atoms with van der Waals surface area (Å²) in [5.41, 5.74) is 3.63. The first-order chi connectivity index (χ1) is 26.5. The molecule has 280 valence electrons. The zero-order valence-corrected chi connectivity index (χ0v) is 31.8. The molecule has 1 N–H and O–H groups in total. The van der Waals surface area contributed by atoms with Crippen LogP contribution in [0.2, 0.25) is 0 Å². The molecule has 2 aliphatic heterocycles. The smallest absolute Gasteiger partial charge is 0.412 e. The highest BCUT2D eigenvalue weighted by Crippen LogP contribution is 2.30. The Balaban J connectivity index is 1.01. The van der Waals surface area contributed by atoms with E-state index in [0.717, 1.165) is 16.0 Å². The van der Waals surface area contributed by atoms with Crippen molar-refractivity contribution in [1.82, 2.24) is 19.8 Å². The van der Waals surface area contributed by atoms with Crippen molar-refractivity contribution in [3.8, 4) is 10.4 Å². The van der Waals surface area contributed by atoms with Crippen LogP contribution in [0.5, 0.6) is 0 Å². The molecule has 0 spiro atoms. The number of nitrogens with zero attached hydrogens (tertiary/aromatic N) is 5. The number of aromatic nitrogens is 2. The molecule has 7 rings (SSSR count). The minimum absolute atomic E-state index is 0.0265. The number of thiophene rings is 1. The molecule has 1 atom stereocenters. The monoisotopic (exact) mass is 754 g/mol. The van der Waals surface area contributed by atoms with Crippen LogP contribution < -0.4 is 10.2 Å². The van der Waals surface area contributed by atoms with Gasteiger partial charge in [0.15, 0.2) is 5.78 Å². The van der Waals surface area contributed by atoms with Crippen molar-refractivity contribution in [2.45, 2.75) is 38.8 Å².